The molecule has 0 aliphatic heterocycles. The normalized spacial score (nSPS) is 20.6. The van der Waals surface area contributed by atoms with Crippen molar-refractivity contribution < 1.29 is 5.11 Å². The van der Waals surface area contributed by atoms with Gasteiger partial charge in [-0.05, 0) is 30.7 Å². The molecule has 1 aliphatic carbocycles. The van der Waals surface area contributed by atoms with E-state index in [1.165, 1.54) is 38.5 Å². The third-order valence-corrected chi connectivity index (χ3v) is 4.59. The zero-order valence-electron chi connectivity index (χ0n) is 11.6. The smallest absolute Gasteiger partial charge is 0.0894 e. The van der Waals surface area contributed by atoms with Gasteiger partial charge in [0.25, 0.3) is 0 Å². The molecule has 0 bridgehead atoms. The van der Waals surface area contributed by atoms with Crippen LogP contribution in [0.1, 0.15) is 63.9 Å². The topological polar surface area (TPSA) is 20.2 Å². The van der Waals surface area contributed by atoms with Crippen LogP contribution in [0, 0.1) is 5.92 Å². The maximum atomic E-state index is 10.8. The van der Waals surface area contributed by atoms with Crippen LogP contribution in [0.3, 0.4) is 0 Å². The minimum absolute atomic E-state index is 0.612. The molecule has 0 amide bonds. The van der Waals surface area contributed by atoms with Crippen molar-refractivity contribution in [1.82, 2.24) is 0 Å². The van der Waals surface area contributed by atoms with Crippen molar-refractivity contribution >= 4 is 0 Å². The first-order valence-electron chi connectivity index (χ1n) is 7.52. The monoisotopic (exact) mass is 246 g/mol. The molecule has 1 aliphatic rings. The second-order valence-corrected chi connectivity index (χ2v) is 5.79. The lowest BCUT2D eigenvalue weighted by molar-refractivity contribution is 0.0154. The fraction of sp³-hybridized carbons (Fsp3) is 0.647. The Labute approximate surface area is 111 Å². The first kappa shape index (κ1) is 13.6. The van der Waals surface area contributed by atoms with Crippen molar-refractivity contribution in [2.45, 2.75) is 63.9 Å². The third kappa shape index (κ3) is 3.35. The summed E-state index contributed by atoms with van der Waals surface area (Å²) in [5.41, 5.74) is 0.474. The summed E-state index contributed by atoms with van der Waals surface area (Å²) in [7, 11) is 0. The average molecular weight is 246 g/mol. The van der Waals surface area contributed by atoms with Gasteiger partial charge in [0, 0.05) is 0 Å². The Morgan fingerprint density at radius 1 is 1.11 bits per heavy atom. The van der Waals surface area contributed by atoms with Gasteiger partial charge in [0.15, 0.2) is 0 Å². The summed E-state index contributed by atoms with van der Waals surface area (Å²) in [6.45, 7) is 2.09. The summed E-state index contributed by atoms with van der Waals surface area (Å²) in [5.74, 6) is 0.848. The molecule has 100 valence electrons. The quantitative estimate of drug-likeness (QED) is 0.802. The van der Waals surface area contributed by atoms with Crippen LogP contribution in [-0.4, -0.2) is 5.11 Å². The van der Waals surface area contributed by atoms with E-state index in [9.17, 15) is 5.11 Å². The van der Waals surface area contributed by atoms with Gasteiger partial charge in [-0.1, -0.05) is 69.4 Å². The van der Waals surface area contributed by atoms with Crippen molar-refractivity contribution in [2.75, 3.05) is 0 Å². The van der Waals surface area contributed by atoms with Crippen molar-refractivity contribution in [3.05, 3.63) is 35.9 Å². The van der Waals surface area contributed by atoms with E-state index in [1.54, 1.807) is 0 Å². The predicted octanol–water partition coefficient (Wildman–Crippen LogP) is 4.64. The lowest BCUT2D eigenvalue weighted by Gasteiger charge is -2.30. The van der Waals surface area contributed by atoms with Gasteiger partial charge in [0.1, 0.15) is 0 Å². The van der Waals surface area contributed by atoms with Gasteiger partial charge >= 0.3 is 0 Å². The Bertz CT molecular complexity index is 340. The molecule has 0 spiro atoms. The van der Waals surface area contributed by atoms with E-state index in [-0.39, 0.29) is 0 Å². The lowest BCUT2D eigenvalue weighted by atomic mass is 9.80. The Kier molecular flexibility index (Phi) is 4.82. The van der Waals surface area contributed by atoms with Crippen LogP contribution in [0.15, 0.2) is 30.3 Å². The van der Waals surface area contributed by atoms with Crippen LogP contribution in [0.4, 0.5) is 0 Å². The molecule has 0 radical (unpaired) electrons. The summed E-state index contributed by atoms with van der Waals surface area (Å²) >= 11 is 0. The number of aliphatic hydroxyl groups is 1. The summed E-state index contributed by atoms with van der Waals surface area (Å²) in [6, 6.07) is 10.2. The third-order valence-electron chi connectivity index (χ3n) is 4.59. The standard InChI is InChI=1S/C17H26O/c1-2-17(18,16-11-7-4-8-12-16)14-13-15-9-5-3-6-10-15/h4,7-8,11-12,15,18H,2-3,5-6,9-10,13-14H2,1H3. The molecule has 0 saturated heterocycles. The molecule has 1 saturated carbocycles. The Hall–Kier alpha value is -0.820. The molecule has 1 unspecified atom stereocenters. The molecule has 1 heteroatoms. The van der Waals surface area contributed by atoms with E-state index < -0.39 is 5.60 Å². The van der Waals surface area contributed by atoms with Gasteiger partial charge in [-0.3, -0.25) is 0 Å². The lowest BCUT2D eigenvalue weighted by Crippen LogP contribution is -2.26. The zero-order chi connectivity index (χ0) is 12.8. The first-order valence-corrected chi connectivity index (χ1v) is 7.52. The van der Waals surface area contributed by atoms with E-state index in [0.29, 0.717) is 0 Å². The van der Waals surface area contributed by atoms with Gasteiger partial charge in [0.05, 0.1) is 5.60 Å². The zero-order valence-corrected chi connectivity index (χ0v) is 11.6. The number of hydrogen-bond acceptors (Lipinski definition) is 1. The summed E-state index contributed by atoms with van der Waals surface area (Å²) < 4.78 is 0. The highest BCUT2D eigenvalue weighted by Gasteiger charge is 2.28. The van der Waals surface area contributed by atoms with Gasteiger partial charge < -0.3 is 5.11 Å². The fourth-order valence-electron chi connectivity index (χ4n) is 3.19. The molecule has 1 nitrogen and oxygen atoms in total. The molecule has 1 aromatic rings. The highest BCUT2D eigenvalue weighted by atomic mass is 16.3. The van der Waals surface area contributed by atoms with E-state index in [4.69, 9.17) is 0 Å². The number of hydrogen-bond donors (Lipinski definition) is 1. The van der Waals surface area contributed by atoms with E-state index in [0.717, 1.165) is 24.3 Å². The molecule has 0 heterocycles. The number of benzene rings is 1. The Balaban J connectivity index is 1.95. The van der Waals surface area contributed by atoms with E-state index in [2.05, 4.69) is 19.1 Å². The van der Waals surface area contributed by atoms with Gasteiger partial charge in [0.2, 0.25) is 0 Å². The second-order valence-electron chi connectivity index (χ2n) is 5.79. The maximum absolute atomic E-state index is 10.8. The van der Waals surface area contributed by atoms with Gasteiger partial charge in [-0.25, -0.2) is 0 Å². The van der Waals surface area contributed by atoms with Crippen LogP contribution >= 0.6 is 0 Å². The van der Waals surface area contributed by atoms with E-state index in [1.807, 2.05) is 18.2 Å². The molecule has 18 heavy (non-hydrogen) atoms. The van der Waals surface area contributed by atoms with Crippen LogP contribution in [0.25, 0.3) is 0 Å². The first-order chi connectivity index (χ1) is 8.74. The van der Waals surface area contributed by atoms with Crippen LogP contribution in [0.2, 0.25) is 0 Å². The minimum atomic E-state index is -0.612. The maximum Gasteiger partial charge on any atom is 0.0894 e. The molecule has 1 atom stereocenters. The minimum Gasteiger partial charge on any atom is -0.385 e. The molecule has 0 aromatic heterocycles. The van der Waals surface area contributed by atoms with Crippen molar-refractivity contribution in [1.29, 1.82) is 0 Å². The molecule has 1 fully saturated rings. The average Bonchev–Trinajstić information content (AvgIpc) is 2.47. The highest BCUT2D eigenvalue weighted by molar-refractivity contribution is 5.21. The van der Waals surface area contributed by atoms with Gasteiger partial charge in [-0.15, -0.1) is 0 Å². The highest BCUT2D eigenvalue weighted by Crippen LogP contribution is 2.35. The molecule has 1 aromatic carbocycles. The van der Waals surface area contributed by atoms with Crippen LogP contribution in [0.5, 0.6) is 0 Å². The summed E-state index contributed by atoms with van der Waals surface area (Å²) in [5, 5.41) is 10.8. The molecular formula is C17H26O. The van der Waals surface area contributed by atoms with Crippen molar-refractivity contribution in [3.8, 4) is 0 Å². The summed E-state index contributed by atoms with van der Waals surface area (Å²) in [6.07, 6.45) is 9.83. The van der Waals surface area contributed by atoms with Crippen molar-refractivity contribution in [2.24, 2.45) is 5.92 Å². The molecule has 2 rings (SSSR count). The van der Waals surface area contributed by atoms with E-state index >= 15 is 0 Å². The second kappa shape index (κ2) is 6.38. The van der Waals surface area contributed by atoms with Crippen LogP contribution in [-0.2, 0) is 5.60 Å². The Morgan fingerprint density at radius 2 is 1.78 bits per heavy atom. The SMILES string of the molecule is CCC(O)(CCC1CCCCC1)c1ccccc1. The largest absolute Gasteiger partial charge is 0.385 e. The van der Waals surface area contributed by atoms with Crippen LogP contribution < -0.4 is 0 Å². The molecule has 1 N–H and O–H groups in total. The fourth-order valence-corrected chi connectivity index (χ4v) is 3.19. The van der Waals surface area contributed by atoms with Gasteiger partial charge in [-0.2, -0.15) is 0 Å². The predicted molar refractivity (Wildman–Crippen MR) is 76.4 cm³/mol. The molecular weight excluding hydrogens is 220 g/mol. The Morgan fingerprint density at radius 3 is 2.39 bits per heavy atom. The summed E-state index contributed by atoms with van der Waals surface area (Å²) in [4.78, 5) is 0. The number of rotatable bonds is 5. The van der Waals surface area contributed by atoms with Crippen molar-refractivity contribution in [3.63, 3.8) is 0 Å².